The molecule has 3 saturated heterocycles. The predicted molar refractivity (Wildman–Crippen MR) is 299 cm³/mol. The molecule has 0 spiro atoms. The van der Waals surface area contributed by atoms with Crippen LogP contribution in [0.5, 0.6) is 5.75 Å². The standard InChI is InChI=1S/C49H65N3O3.C6H9NO2.C3H8.2C2H6/c1-8-35(4)46-17-24-50-33-48(46)45-15-13-42(31-37(45)6)41(10-3)12-11-38(7)52-28-21-39(22-29-52)18-25-51-26-19-40(20-27-51)23-30-55-44-14-16-47(43(32-44)34-53)49(54)36(5)9-2;1-4-2-3-5(8)7-6(4)9;1-3-2;2*1-2/h10-17,24,31-36,39-40H,3,8-9,18-23,25-30H2,1-2,4-7H3;4H,2-3H2,1H3,(H,7,8,9);3H2,1-2H3;2*1-2H3/b38-11+,41-12+;;;;. The number of aldehydes is 1. The van der Waals surface area contributed by atoms with E-state index in [4.69, 9.17) is 4.74 Å². The number of carbonyl (C=O) groups excluding carboxylic acids is 4. The molecule has 0 radical (unpaired) electrons. The minimum Gasteiger partial charge on any atom is -0.494 e. The molecule has 3 aliphatic heterocycles. The fourth-order valence-electron chi connectivity index (χ4n) is 9.01. The predicted octanol–water partition coefficient (Wildman–Crippen LogP) is 14.9. The Bertz CT molecular complexity index is 2140. The molecule has 3 aromatic rings. The molecule has 71 heavy (non-hydrogen) atoms. The molecule has 0 saturated carbocycles. The number of piperidine rings is 3. The normalized spacial score (nSPS) is 17.5. The monoisotopic (exact) mass is 975 g/mol. The van der Waals surface area contributed by atoms with Crippen molar-refractivity contribution in [1.82, 2.24) is 20.1 Å². The first kappa shape index (κ1) is 62.0. The van der Waals surface area contributed by atoms with Gasteiger partial charge in [-0.1, -0.05) is 120 Å². The number of carbonyl (C=O) groups is 4. The number of Topliss-reactive ketones (excluding diaryl/α,β-unsaturated/α-hetero) is 1. The van der Waals surface area contributed by atoms with Crippen molar-refractivity contribution in [2.75, 3.05) is 39.3 Å². The average molecular weight is 975 g/mol. The lowest BCUT2D eigenvalue weighted by Gasteiger charge is -2.36. The van der Waals surface area contributed by atoms with Crippen molar-refractivity contribution in [3.8, 4) is 16.9 Å². The van der Waals surface area contributed by atoms with Crippen molar-refractivity contribution in [1.29, 1.82) is 0 Å². The molecule has 9 nitrogen and oxygen atoms in total. The molecule has 2 aromatic carbocycles. The fourth-order valence-corrected chi connectivity index (χ4v) is 9.01. The maximum absolute atomic E-state index is 12.6. The minimum atomic E-state index is -0.141. The topological polar surface area (TPSA) is 109 Å². The maximum atomic E-state index is 12.6. The number of nitrogens with zero attached hydrogens (tertiary/aromatic N) is 3. The van der Waals surface area contributed by atoms with Crippen LogP contribution in [-0.4, -0.2) is 78.0 Å². The van der Waals surface area contributed by atoms with Gasteiger partial charge in [0.1, 0.15) is 5.75 Å². The summed E-state index contributed by atoms with van der Waals surface area (Å²) < 4.78 is 6.04. The third-order valence-corrected chi connectivity index (χ3v) is 14.0. The number of benzene rings is 2. The van der Waals surface area contributed by atoms with Crippen LogP contribution in [0.3, 0.4) is 0 Å². The van der Waals surface area contributed by atoms with Gasteiger partial charge in [0.2, 0.25) is 11.8 Å². The summed E-state index contributed by atoms with van der Waals surface area (Å²) >= 11 is 0. The van der Waals surface area contributed by atoms with Gasteiger partial charge in [-0.05, 0) is 167 Å². The molecule has 3 atom stereocenters. The molecule has 1 N–H and O–H groups in total. The van der Waals surface area contributed by atoms with Crippen LogP contribution in [-0.2, 0) is 9.59 Å². The Morgan fingerprint density at radius 1 is 0.859 bits per heavy atom. The molecular formula is C62H94N4O5. The largest absolute Gasteiger partial charge is 0.494 e. The van der Waals surface area contributed by atoms with Gasteiger partial charge >= 0.3 is 0 Å². The zero-order chi connectivity index (χ0) is 52.9. The average Bonchev–Trinajstić information content (AvgIpc) is 3.40. The number of aryl methyl sites for hydroxylation is 1. The van der Waals surface area contributed by atoms with Crippen LogP contribution in [0.2, 0.25) is 0 Å². The van der Waals surface area contributed by atoms with Crippen LogP contribution >= 0.6 is 0 Å². The maximum Gasteiger partial charge on any atom is 0.229 e. The van der Waals surface area contributed by atoms with E-state index in [1.54, 1.807) is 12.1 Å². The van der Waals surface area contributed by atoms with Crippen molar-refractivity contribution >= 4 is 29.5 Å². The molecular weight excluding hydrogens is 881 g/mol. The van der Waals surface area contributed by atoms with E-state index in [1.807, 2.05) is 73.0 Å². The van der Waals surface area contributed by atoms with Gasteiger partial charge in [0.15, 0.2) is 12.1 Å². The van der Waals surface area contributed by atoms with E-state index in [1.165, 1.54) is 78.6 Å². The number of likely N-dealkylation sites (tertiary alicyclic amines) is 2. The van der Waals surface area contributed by atoms with Gasteiger partial charge < -0.3 is 14.5 Å². The number of nitrogens with one attached hydrogen (secondary N) is 1. The third-order valence-electron chi connectivity index (χ3n) is 14.0. The van der Waals surface area contributed by atoms with E-state index in [9.17, 15) is 19.2 Å². The summed E-state index contributed by atoms with van der Waals surface area (Å²) in [6, 6.07) is 14.2. The van der Waals surface area contributed by atoms with Crippen molar-refractivity contribution in [2.45, 2.75) is 167 Å². The highest BCUT2D eigenvalue weighted by molar-refractivity contribution is 6.04. The molecule has 392 valence electrons. The smallest absolute Gasteiger partial charge is 0.229 e. The summed E-state index contributed by atoms with van der Waals surface area (Å²) in [5.41, 5.74) is 9.69. The summed E-state index contributed by atoms with van der Waals surface area (Å²) in [5.74, 6) is 2.29. The lowest BCUT2D eigenvalue weighted by molar-refractivity contribution is -0.135. The summed E-state index contributed by atoms with van der Waals surface area (Å²) in [7, 11) is 0. The molecule has 9 heteroatoms. The molecule has 0 bridgehead atoms. The fraction of sp³-hybridized carbons (Fsp3) is 0.565. The van der Waals surface area contributed by atoms with Crippen molar-refractivity contribution in [3.63, 3.8) is 0 Å². The summed E-state index contributed by atoms with van der Waals surface area (Å²) in [4.78, 5) is 55.1. The summed E-state index contributed by atoms with van der Waals surface area (Å²) in [5, 5.41) is 2.25. The molecule has 1 aromatic heterocycles. The second kappa shape index (κ2) is 34.3. The first-order chi connectivity index (χ1) is 34.3. The number of ketones is 1. The highest BCUT2D eigenvalue weighted by Crippen LogP contribution is 2.34. The zero-order valence-corrected chi connectivity index (χ0v) is 46.5. The van der Waals surface area contributed by atoms with Gasteiger partial charge in [-0.2, -0.15) is 0 Å². The van der Waals surface area contributed by atoms with Crippen LogP contribution in [0.4, 0.5) is 0 Å². The van der Waals surface area contributed by atoms with Gasteiger partial charge in [-0.3, -0.25) is 29.5 Å². The Hall–Kier alpha value is -5.15. The van der Waals surface area contributed by atoms with Crippen molar-refractivity contribution in [3.05, 3.63) is 113 Å². The second-order valence-corrected chi connectivity index (χ2v) is 19.2. The van der Waals surface area contributed by atoms with Crippen LogP contribution in [0.1, 0.15) is 197 Å². The van der Waals surface area contributed by atoms with E-state index in [0.29, 0.717) is 48.2 Å². The quantitative estimate of drug-likeness (QED) is 0.0581. The Kier molecular flexibility index (Phi) is 29.9. The molecule has 2 amide bonds. The Labute approximate surface area is 431 Å². The number of aromatic nitrogens is 1. The number of amides is 2. The van der Waals surface area contributed by atoms with Crippen molar-refractivity contribution in [2.24, 2.45) is 23.7 Å². The Morgan fingerprint density at radius 3 is 2.08 bits per heavy atom. The highest BCUT2D eigenvalue weighted by atomic mass is 16.5. The molecule has 3 unspecified atom stereocenters. The summed E-state index contributed by atoms with van der Waals surface area (Å²) in [6.07, 6.45) is 22.7. The van der Waals surface area contributed by atoms with Gasteiger partial charge in [0.05, 0.1) is 6.61 Å². The second-order valence-electron chi connectivity index (χ2n) is 19.2. The van der Waals surface area contributed by atoms with Gasteiger partial charge in [0, 0.05) is 66.1 Å². The van der Waals surface area contributed by atoms with Gasteiger partial charge in [-0.25, -0.2) is 0 Å². The number of hydrogen-bond acceptors (Lipinski definition) is 8. The molecule has 3 aliphatic rings. The number of allylic oxidation sites excluding steroid dienone is 5. The minimum absolute atomic E-state index is 0.0164. The van der Waals surface area contributed by atoms with E-state index < -0.39 is 0 Å². The van der Waals surface area contributed by atoms with Crippen LogP contribution in [0, 0.1) is 30.6 Å². The van der Waals surface area contributed by atoms with E-state index in [-0.39, 0.29) is 29.4 Å². The SMILES string of the molecule is C=C/C(=C\C=C(/C)N1CCC(CCN2CCC(CCOc3ccc(C(=O)C(C)CC)c(C=O)c3)CC2)CC1)c1ccc(-c2cnccc2C(C)CC)c(C)c1.CC.CC.CC1CCC(=O)NC1=O.CCC. The number of ether oxygens (including phenoxy) is 1. The number of rotatable bonds is 18. The van der Waals surface area contributed by atoms with Crippen LogP contribution in [0.25, 0.3) is 16.7 Å². The van der Waals surface area contributed by atoms with Gasteiger partial charge in [-0.15, -0.1) is 0 Å². The summed E-state index contributed by atoms with van der Waals surface area (Å²) in [6.45, 7) is 37.5. The lowest BCUT2D eigenvalue weighted by Crippen LogP contribution is -2.39. The molecule has 0 aliphatic carbocycles. The Morgan fingerprint density at radius 2 is 1.51 bits per heavy atom. The molecule has 3 fully saturated rings. The van der Waals surface area contributed by atoms with E-state index >= 15 is 0 Å². The highest BCUT2D eigenvalue weighted by Gasteiger charge is 2.24. The van der Waals surface area contributed by atoms with Crippen LogP contribution < -0.4 is 10.1 Å². The number of imide groups is 1. The van der Waals surface area contributed by atoms with Crippen molar-refractivity contribution < 1.29 is 23.9 Å². The third kappa shape index (κ3) is 20.1. The lowest BCUT2D eigenvalue weighted by atomic mass is 9.89. The van der Waals surface area contributed by atoms with Gasteiger partial charge in [0.25, 0.3) is 0 Å². The number of hydrogen-bond donors (Lipinski definition) is 1. The van der Waals surface area contributed by atoms with E-state index in [2.05, 4.69) is 105 Å². The zero-order valence-electron chi connectivity index (χ0n) is 46.5. The number of pyridine rings is 1. The van der Waals surface area contributed by atoms with E-state index in [0.717, 1.165) is 63.2 Å². The Balaban J connectivity index is 0.000000934. The first-order valence-corrected chi connectivity index (χ1v) is 27.4. The molecule has 6 rings (SSSR count). The first-order valence-electron chi connectivity index (χ1n) is 27.4. The molecule has 4 heterocycles. The van der Waals surface area contributed by atoms with Crippen LogP contribution in [0.15, 0.2) is 85.4 Å².